The van der Waals surface area contributed by atoms with Gasteiger partial charge in [0, 0.05) is 0 Å². The van der Waals surface area contributed by atoms with Gasteiger partial charge in [-0.15, -0.1) is 0 Å². The van der Waals surface area contributed by atoms with E-state index in [1.165, 1.54) is 0 Å². The quantitative estimate of drug-likeness (QED) is 0.620. The van der Waals surface area contributed by atoms with Crippen LogP contribution in [0.4, 0.5) is 26.3 Å². The zero-order valence-corrected chi connectivity index (χ0v) is 7.86. The molecule has 0 heterocycles. The first kappa shape index (κ1) is 13.3. The Bertz CT molecular complexity index is 446. The van der Waals surface area contributed by atoms with Gasteiger partial charge in [-0.05, 0) is 12.1 Å². The van der Waals surface area contributed by atoms with Crippen molar-refractivity contribution in [2.75, 3.05) is 0 Å². The SMILES string of the molecule is O=Cc1cc(C(F)(F)F)cc(C(F)(F)F)c1O. The summed E-state index contributed by atoms with van der Waals surface area (Å²) < 4.78 is 73.6. The highest BCUT2D eigenvalue weighted by atomic mass is 19.4. The molecule has 1 aromatic rings. The smallest absolute Gasteiger partial charge is 0.419 e. The largest absolute Gasteiger partial charge is 0.507 e. The molecule has 0 saturated carbocycles. The Morgan fingerprint density at radius 2 is 1.53 bits per heavy atom. The molecule has 0 aliphatic rings. The number of rotatable bonds is 1. The van der Waals surface area contributed by atoms with Gasteiger partial charge in [-0.1, -0.05) is 0 Å². The van der Waals surface area contributed by atoms with E-state index in [4.69, 9.17) is 5.11 Å². The second-order valence-corrected chi connectivity index (χ2v) is 3.08. The fourth-order valence-electron chi connectivity index (χ4n) is 1.13. The fraction of sp³-hybridized carbons (Fsp3) is 0.222. The molecule has 0 aromatic heterocycles. The minimum atomic E-state index is -5.18. The summed E-state index contributed by atoms with van der Waals surface area (Å²) in [7, 11) is 0. The van der Waals surface area contributed by atoms with Crippen molar-refractivity contribution in [1.82, 2.24) is 0 Å². The van der Waals surface area contributed by atoms with Crippen molar-refractivity contribution in [2.24, 2.45) is 0 Å². The summed E-state index contributed by atoms with van der Waals surface area (Å²) in [5.74, 6) is -1.51. The molecule has 1 N–H and O–H groups in total. The molecule has 94 valence electrons. The number of aromatic hydroxyl groups is 1. The molecule has 17 heavy (non-hydrogen) atoms. The van der Waals surface area contributed by atoms with Crippen LogP contribution in [0.2, 0.25) is 0 Å². The third-order valence-electron chi connectivity index (χ3n) is 1.90. The van der Waals surface area contributed by atoms with Crippen molar-refractivity contribution in [1.29, 1.82) is 0 Å². The third-order valence-corrected chi connectivity index (χ3v) is 1.90. The van der Waals surface area contributed by atoms with Crippen molar-refractivity contribution in [3.05, 3.63) is 28.8 Å². The van der Waals surface area contributed by atoms with Gasteiger partial charge in [-0.3, -0.25) is 4.79 Å². The Morgan fingerprint density at radius 1 is 1.00 bits per heavy atom. The highest BCUT2D eigenvalue weighted by molar-refractivity contribution is 5.80. The van der Waals surface area contributed by atoms with E-state index in [-0.39, 0.29) is 18.4 Å². The van der Waals surface area contributed by atoms with E-state index in [1.54, 1.807) is 0 Å². The third kappa shape index (κ3) is 2.69. The molecule has 0 fully saturated rings. The number of carbonyl (C=O) groups is 1. The summed E-state index contributed by atoms with van der Waals surface area (Å²) in [6.07, 6.45) is -10.5. The highest BCUT2D eigenvalue weighted by Crippen LogP contribution is 2.41. The number of alkyl halides is 6. The first-order valence-corrected chi connectivity index (χ1v) is 4.04. The van der Waals surface area contributed by atoms with Crippen molar-refractivity contribution >= 4 is 6.29 Å². The predicted molar refractivity (Wildman–Crippen MR) is 43.5 cm³/mol. The van der Waals surface area contributed by atoms with Gasteiger partial charge in [0.25, 0.3) is 0 Å². The number of aldehydes is 1. The number of phenols is 1. The molecular weight excluding hydrogens is 254 g/mol. The van der Waals surface area contributed by atoms with Crippen LogP contribution in [0.5, 0.6) is 5.75 Å². The van der Waals surface area contributed by atoms with E-state index in [2.05, 4.69) is 0 Å². The number of phenolic OH excluding ortho intramolecular Hbond substituents is 1. The predicted octanol–water partition coefficient (Wildman–Crippen LogP) is 3.24. The molecule has 0 amide bonds. The molecule has 0 atom stereocenters. The molecule has 1 aromatic carbocycles. The second kappa shape index (κ2) is 3.94. The molecule has 2 nitrogen and oxygen atoms in total. The van der Waals surface area contributed by atoms with Gasteiger partial charge in [0.15, 0.2) is 6.29 Å². The number of hydrogen-bond donors (Lipinski definition) is 1. The van der Waals surface area contributed by atoms with Gasteiger partial charge in [0.05, 0.1) is 16.7 Å². The highest BCUT2D eigenvalue weighted by Gasteiger charge is 2.39. The monoisotopic (exact) mass is 258 g/mol. The maximum Gasteiger partial charge on any atom is 0.419 e. The van der Waals surface area contributed by atoms with E-state index < -0.39 is 34.8 Å². The van der Waals surface area contributed by atoms with Gasteiger partial charge in [-0.2, -0.15) is 26.3 Å². The molecule has 0 bridgehead atoms. The van der Waals surface area contributed by atoms with E-state index in [0.717, 1.165) is 0 Å². The Morgan fingerprint density at radius 3 is 1.88 bits per heavy atom. The van der Waals surface area contributed by atoms with Gasteiger partial charge in [0.1, 0.15) is 5.75 Å². The summed E-state index contributed by atoms with van der Waals surface area (Å²) >= 11 is 0. The minimum absolute atomic E-state index is 0.150. The topological polar surface area (TPSA) is 37.3 Å². The minimum Gasteiger partial charge on any atom is -0.507 e. The van der Waals surface area contributed by atoms with E-state index in [0.29, 0.717) is 0 Å². The average molecular weight is 258 g/mol. The summed E-state index contributed by atoms with van der Waals surface area (Å²) in [6, 6.07) is -0.0973. The molecule has 0 saturated heterocycles. The van der Waals surface area contributed by atoms with Crippen molar-refractivity contribution < 1.29 is 36.2 Å². The Kier molecular flexibility index (Phi) is 3.09. The van der Waals surface area contributed by atoms with Crippen LogP contribution in [-0.2, 0) is 12.4 Å². The van der Waals surface area contributed by atoms with Crippen molar-refractivity contribution in [3.63, 3.8) is 0 Å². The maximum absolute atomic E-state index is 12.3. The fourth-order valence-corrected chi connectivity index (χ4v) is 1.13. The van der Waals surface area contributed by atoms with Crippen molar-refractivity contribution in [2.45, 2.75) is 12.4 Å². The Balaban J connectivity index is 3.56. The number of benzene rings is 1. The summed E-state index contributed by atoms with van der Waals surface area (Å²) in [4.78, 5) is 10.3. The zero-order valence-electron chi connectivity index (χ0n) is 7.86. The lowest BCUT2D eigenvalue weighted by Crippen LogP contribution is -2.12. The van der Waals surface area contributed by atoms with Gasteiger partial charge in [0.2, 0.25) is 0 Å². The molecule has 0 unspecified atom stereocenters. The van der Waals surface area contributed by atoms with E-state index in [9.17, 15) is 31.1 Å². The van der Waals surface area contributed by atoms with Crippen LogP contribution >= 0.6 is 0 Å². The standard InChI is InChI=1S/C9H4F6O2/c10-8(11,12)5-1-4(3-16)7(17)6(2-5)9(13,14)15/h1-3,17H. The van der Waals surface area contributed by atoms with Gasteiger partial charge >= 0.3 is 12.4 Å². The first-order chi connectivity index (χ1) is 7.57. The molecule has 8 heteroatoms. The lowest BCUT2D eigenvalue weighted by atomic mass is 10.0. The van der Waals surface area contributed by atoms with E-state index >= 15 is 0 Å². The maximum atomic E-state index is 12.3. The Hall–Kier alpha value is -1.73. The molecule has 0 aliphatic carbocycles. The molecule has 1 rings (SSSR count). The van der Waals surface area contributed by atoms with E-state index in [1.807, 2.05) is 0 Å². The molecule has 0 aliphatic heterocycles. The lowest BCUT2D eigenvalue weighted by Gasteiger charge is -2.14. The van der Waals surface area contributed by atoms with Gasteiger partial charge in [-0.25, -0.2) is 0 Å². The van der Waals surface area contributed by atoms with Crippen LogP contribution < -0.4 is 0 Å². The second-order valence-electron chi connectivity index (χ2n) is 3.08. The molecular formula is C9H4F6O2. The van der Waals surface area contributed by atoms with Crippen LogP contribution in [0, 0.1) is 0 Å². The van der Waals surface area contributed by atoms with Crippen LogP contribution in [0.25, 0.3) is 0 Å². The van der Waals surface area contributed by atoms with Crippen molar-refractivity contribution in [3.8, 4) is 5.75 Å². The Labute approximate surface area is 90.5 Å². The zero-order chi connectivity index (χ0) is 13.4. The molecule has 0 spiro atoms. The van der Waals surface area contributed by atoms with Gasteiger partial charge < -0.3 is 5.11 Å². The lowest BCUT2D eigenvalue weighted by molar-refractivity contribution is -0.143. The molecule has 0 radical (unpaired) electrons. The normalized spacial score (nSPS) is 12.6. The summed E-state index contributed by atoms with van der Waals surface area (Å²) in [5, 5.41) is 9.00. The summed E-state index contributed by atoms with van der Waals surface area (Å²) in [6.45, 7) is 0. The van der Waals surface area contributed by atoms with Crippen LogP contribution in [0.15, 0.2) is 12.1 Å². The van der Waals surface area contributed by atoms with Crippen LogP contribution in [0.1, 0.15) is 21.5 Å². The van der Waals surface area contributed by atoms with Crippen LogP contribution in [-0.4, -0.2) is 11.4 Å². The number of hydrogen-bond acceptors (Lipinski definition) is 2. The van der Waals surface area contributed by atoms with Crippen LogP contribution in [0.3, 0.4) is 0 Å². The summed E-state index contributed by atoms with van der Waals surface area (Å²) in [5.41, 5.74) is -4.61. The number of halogens is 6. The average Bonchev–Trinajstić information content (AvgIpc) is 2.14. The number of carbonyl (C=O) groups excluding carboxylic acids is 1. The first-order valence-electron chi connectivity index (χ1n) is 4.04.